The Hall–Kier alpha value is -2.03. The van der Waals surface area contributed by atoms with E-state index in [2.05, 4.69) is 5.32 Å². The zero-order valence-electron chi connectivity index (χ0n) is 18.9. The molecule has 8 heteroatoms. The average molecular weight is 465 g/mol. The second-order valence-corrected chi connectivity index (χ2v) is 10.3. The van der Waals surface area contributed by atoms with Crippen molar-refractivity contribution >= 4 is 33.4 Å². The molecule has 2 aromatic carbocycles. The lowest BCUT2D eigenvalue weighted by Crippen LogP contribution is -2.30. The fourth-order valence-corrected chi connectivity index (χ4v) is 5.28. The first-order valence-corrected chi connectivity index (χ1v) is 13.0. The lowest BCUT2D eigenvalue weighted by atomic mass is 10.1. The molecule has 2 rings (SSSR count). The summed E-state index contributed by atoms with van der Waals surface area (Å²) in [5.41, 5.74) is 3.52. The molecule has 0 heterocycles. The van der Waals surface area contributed by atoms with Crippen LogP contribution in [0.25, 0.3) is 0 Å². The molecule has 0 bridgehead atoms. The van der Waals surface area contributed by atoms with Gasteiger partial charge in [0.2, 0.25) is 15.9 Å². The minimum absolute atomic E-state index is 0.169. The van der Waals surface area contributed by atoms with Crippen LogP contribution in [-0.4, -0.2) is 49.8 Å². The van der Waals surface area contributed by atoms with E-state index in [0.29, 0.717) is 31.1 Å². The number of anilines is 1. The van der Waals surface area contributed by atoms with Crippen molar-refractivity contribution in [2.24, 2.45) is 0 Å². The summed E-state index contributed by atoms with van der Waals surface area (Å²) in [4.78, 5) is 12.6. The van der Waals surface area contributed by atoms with Gasteiger partial charge >= 0.3 is 0 Å². The Labute approximate surface area is 190 Å². The Balaban J connectivity index is 1.91. The standard InChI is InChI=1S/C23H32N2O4S2/c1-6-25(7-2)31(27,28)20-12-11-17(3)21(15-20)24-22(26)16-30-14-13-29-23-18(4)9-8-10-19(23)5/h8-12,15H,6-7,13-14,16H2,1-5H3,(H,24,26). The predicted molar refractivity (Wildman–Crippen MR) is 129 cm³/mol. The van der Waals surface area contributed by atoms with Gasteiger partial charge in [-0.2, -0.15) is 4.31 Å². The summed E-state index contributed by atoms with van der Waals surface area (Å²) in [6.45, 7) is 10.8. The van der Waals surface area contributed by atoms with E-state index in [0.717, 1.165) is 22.4 Å². The van der Waals surface area contributed by atoms with E-state index in [4.69, 9.17) is 4.74 Å². The van der Waals surface area contributed by atoms with Crippen molar-refractivity contribution in [2.45, 2.75) is 39.5 Å². The Kier molecular flexibility index (Phi) is 9.40. The number of para-hydroxylation sites is 1. The van der Waals surface area contributed by atoms with Crippen molar-refractivity contribution in [3.63, 3.8) is 0 Å². The van der Waals surface area contributed by atoms with Gasteiger partial charge in [0.1, 0.15) is 5.75 Å². The molecule has 0 aliphatic heterocycles. The highest BCUT2D eigenvalue weighted by atomic mass is 32.2. The summed E-state index contributed by atoms with van der Waals surface area (Å²) in [6.07, 6.45) is 0. The van der Waals surface area contributed by atoms with Crippen molar-refractivity contribution in [1.82, 2.24) is 4.31 Å². The summed E-state index contributed by atoms with van der Waals surface area (Å²) in [7, 11) is -3.57. The smallest absolute Gasteiger partial charge is 0.243 e. The molecular weight excluding hydrogens is 432 g/mol. The number of thioether (sulfide) groups is 1. The zero-order valence-corrected chi connectivity index (χ0v) is 20.5. The van der Waals surface area contributed by atoms with E-state index < -0.39 is 10.0 Å². The Morgan fingerprint density at radius 3 is 2.29 bits per heavy atom. The summed E-state index contributed by atoms with van der Waals surface area (Å²) in [5, 5.41) is 2.84. The number of benzene rings is 2. The molecule has 0 spiro atoms. The number of ether oxygens (including phenoxy) is 1. The van der Waals surface area contributed by atoms with Crippen LogP contribution >= 0.6 is 11.8 Å². The maximum Gasteiger partial charge on any atom is 0.243 e. The molecule has 0 fully saturated rings. The van der Waals surface area contributed by atoms with Crippen LogP contribution in [0.15, 0.2) is 41.3 Å². The molecule has 1 amide bonds. The fourth-order valence-electron chi connectivity index (χ4n) is 3.19. The van der Waals surface area contributed by atoms with Gasteiger partial charge < -0.3 is 10.1 Å². The second kappa shape index (κ2) is 11.5. The first kappa shape index (κ1) is 25.2. The van der Waals surface area contributed by atoms with Gasteiger partial charge in [-0.25, -0.2) is 8.42 Å². The Morgan fingerprint density at radius 2 is 1.68 bits per heavy atom. The van der Waals surface area contributed by atoms with Crippen LogP contribution in [-0.2, 0) is 14.8 Å². The molecule has 6 nitrogen and oxygen atoms in total. The molecule has 0 atom stereocenters. The molecule has 0 unspecified atom stereocenters. The van der Waals surface area contributed by atoms with Gasteiger partial charge in [0.05, 0.1) is 17.3 Å². The summed E-state index contributed by atoms with van der Waals surface area (Å²) in [6, 6.07) is 10.9. The first-order chi connectivity index (χ1) is 14.7. The fraction of sp³-hybridized carbons (Fsp3) is 0.435. The Bertz CT molecular complexity index is 982. The molecule has 1 N–H and O–H groups in total. The number of hydrogen-bond acceptors (Lipinski definition) is 5. The van der Waals surface area contributed by atoms with Gasteiger partial charge in [-0.1, -0.05) is 38.1 Å². The number of nitrogens with one attached hydrogen (secondary N) is 1. The largest absolute Gasteiger partial charge is 0.492 e. The van der Waals surface area contributed by atoms with Gasteiger partial charge in [0.15, 0.2) is 0 Å². The van der Waals surface area contributed by atoms with Crippen LogP contribution in [0.5, 0.6) is 5.75 Å². The number of carbonyl (C=O) groups is 1. The minimum atomic E-state index is -3.57. The number of amides is 1. The Morgan fingerprint density at radius 1 is 1.03 bits per heavy atom. The van der Waals surface area contributed by atoms with Gasteiger partial charge in [0.25, 0.3) is 0 Å². The normalized spacial score (nSPS) is 11.5. The first-order valence-electron chi connectivity index (χ1n) is 10.4. The van der Waals surface area contributed by atoms with Crippen LogP contribution in [0.1, 0.15) is 30.5 Å². The quantitative estimate of drug-likeness (QED) is 0.499. The van der Waals surface area contributed by atoms with E-state index in [1.54, 1.807) is 26.0 Å². The van der Waals surface area contributed by atoms with E-state index in [9.17, 15) is 13.2 Å². The van der Waals surface area contributed by atoms with Crippen molar-refractivity contribution in [1.29, 1.82) is 0 Å². The highest BCUT2D eigenvalue weighted by molar-refractivity contribution is 7.99. The minimum Gasteiger partial charge on any atom is -0.492 e. The molecule has 31 heavy (non-hydrogen) atoms. The molecule has 2 aromatic rings. The number of hydrogen-bond donors (Lipinski definition) is 1. The van der Waals surface area contributed by atoms with Gasteiger partial charge in [-0.15, -0.1) is 11.8 Å². The topological polar surface area (TPSA) is 75.7 Å². The van der Waals surface area contributed by atoms with Crippen LogP contribution in [0, 0.1) is 20.8 Å². The number of carbonyl (C=O) groups excluding carboxylic acids is 1. The third kappa shape index (κ3) is 6.72. The van der Waals surface area contributed by atoms with Crippen LogP contribution in [0.2, 0.25) is 0 Å². The van der Waals surface area contributed by atoms with Crippen molar-refractivity contribution in [3.8, 4) is 5.75 Å². The summed E-state index contributed by atoms with van der Waals surface area (Å²) in [5.74, 6) is 1.67. The van der Waals surface area contributed by atoms with E-state index in [1.165, 1.54) is 22.1 Å². The van der Waals surface area contributed by atoms with Crippen LogP contribution < -0.4 is 10.1 Å². The maximum absolute atomic E-state index is 12.7. The lowest BCUT2D eigenvalue weighted by molar-refractivity contribution is -0.113. The van der Waals surface area contributed by atoms with Gasteiger partial charge in [-0.05, 0) is 49.6 Å². The van der Waals surface area contributed by atoms with E-state index in [-0.39, 0.29) is 16.6 Å². The zero-order chi connectivity index (χ0) is 23.0. The van der Waals surface area contributed by atoms with Crippen LogP contribution in [0.3, 0.4) is 0 Å². The third-order valence-electron chi connectivity index (χ3n) is 4.94. The third-order valence-corrected chi connectivity index (χ3v) is 7.91. The molecule has 0 saturated heterocycles. The summed E-state index contributed by atoms with van der Waals surface area (Å²) >= 11 is 1.48. The molecule has 0 aliphatic rings. The van der Waals surface area contributed by atoms with Gasteiger partial charge in [-0.3, -0.25) is 4.79 Å². The van der Waals surface area contributed by atoms with Crippen LogP contribution in [0.4, 0.5) is 5.69 Å². The second-order valence-electron chi connectivity index (χ2n) is 7.24. The predicted octanol–water partition coefficient (Wildman–Crippen LogP) is 4.39. The van der Waals surface area contributed by atoms with Crippen molar-refractivity contribution in [2.75, 3.05) is 36.5 Å². The SMILES string of the molecule is CCN(CC)S(=O)(=O)c1ccc(C)c(NC(=O)CSCCOc2c(C)cccc2C)c1. The van der Waals surface area contributed by atoms with Crippen molar-refractivity contribution in [3.05, 3.63) is 53.1 Å². The molecule has 0 aliphatic carbocycles. The number of sulfonamides is 1. The summed E-state index contributed by atoms with van der Waals surface area (Å²) < 4.78 is 32.8. The molecule has 0 aromatic heterocycles. The average Bonchev–Trinajstić information content (AvgIpc) is 2.72. The van der Waals surface area contributed by atoms with E-state index in [1.807, 2.05) is 39.0 Å². The van der Waals surface area contributed by atoms with Gasteiger partial charge in [0, 0.05) is 24.5 Å². The molecule has 170 valence electrons. The maximum atomic E-state index is 12.7. The highest BCUT2D eigenvalue weighted by Gasteiger charge is 2.22. The molecule has 0 radical (unpaired) electrons. The highest BCUT2D eigenvalue weighted by Crippen LogP contribution is 2.24. The van der Waals surface area contributed by atoms with Crippen molar-refractivity contribution < 1.29 is 17.9 Å². The number of rotatable bonds is 11. The molecule has 0 saturated carbocycles. The lowest BCUT2D eigenvalue weighted by Gasteiger charge is -2.19. The van der Waals surface area contributed by atoms with E-state index >= 15 is 0 Å². The monoisotopic (exact) mass is 464 g/mol. The molecular formula is C23H32N2O4S2. The number of aryl methyl sites for hydroxylation is 3. The number of nitrogens with zero attached hydrogens (tertiary/aromatic N) is 1.